The van der Waals surface area contributed by atoms with Crippen molar-refractivity contribution in [2.45, 2.75) is 38.5 Å². The van der Waals surface area contributed by atoms with E-state index in [0.29, 0.717) is 23.8 Å². The maximum absolute atomic E-state index is 10.6. The summed E-state index contributed by atoms with van der Waals surface area (Å²) in [5.41, 5.74) is 4.16. The molecule has 4 aromatic rings. The van der Waals surface area contributed by atoms with Gasteiger partial charge in [0.1, 0.15) is 16.9 Å². The van der Waals surface area contributed by atoms with Crippen molar-refractivity contribution >= 4 is 51.4 Å². The first-order valence-corrected chi connectivity index (χ1v) is 11.9. The molecule has 184 valence electrons. The monoisotopic (exact) mass is 514 g/mol. The van der Waals surface area contributed by atoms with Crippen molar-refractivity contribution in [3.8, 4) is 10.6 Å². The number of hydrogen-bond donors (Lipinski definition) is 5. The molecule has 0 spiro atoms. The zero-order valence-electron chi connectivity index (χ0n) is 19.2. The summed E-state index contributed by atoms with van der Waals surface area (Å²) in [6.07, 6.45) is 0.0819. The second kappa shape index (κ2) is 10.4. The number of para-hydroxylation sites is 1. The van der Waals surface area contributed by atoms with Crippen LogP contribution in [0.5, 0.6) is 0 Å². The van der Waals surface area contributed by atoms with Crippen molar-refractivity contribution in [1.82, 2.24) is 19.9 Å². The average molecular weight is 515 g/mol. The zero-order chi connectivity index (χ0) is 23.8. The van der Waals surface area contributed by atoms with Crippen LogP contribution in [0.3, 0.4) is 0 Å². The van der Waals surface area contributed by atoms with E-state index < -0.39 is 24.2 Å². The van der Waals surface area contributed by atoms with Gasteiger partial charge in [0.25, 0.3) is 0 Å². The normalized spacial score (nSPS) is 21.6. The van der Waals surface area contributed by atoms with Gasteiger partial charge >= 0.3 is 0 Å². The standard InChI is InChI=1S/C24H26N6O3S.ClH/c1-12-7-15(8-13(2)26-12)27-24-25-10-16(23-29-17-5-3-4-6-19(17)34-23)22(30-24)28-18-9-14(11-31)20(32)21(18)33;/h3-8,10,14,18,20-21,31-33H,9,11H2,1-2H3,(H2,25,26,27,28,30);1H/t14-,18?,20-,21+;/m1./s1. The van der Waals surface area contributed by atoms with E-state index in [2.05, 4.69) is 20.6 Å². The highest BCUT2D eigenvalue weighted by atomic mass is 35.5. The van der Waals surface area contributed by atoms with Crippen LogP contribution in [0.15, 0.2) is 42.6 Å². The molecule has 1 aliphatic rings. The molecule has 0 aliphatic heterocycles. The van der Waals surface area contributed by atoms with Gasteiger partial charge in [-0.15, -0.1) is 23.7 Å². The van der Waals surface area contributed by atoms with Gasteiger partial charge in [-0.1, -0.05) is 12.1 Å². The Labute approximate surface area is 212 Å². The molecule has 1 fully saturated rings. The second-order valence-electron chi connectivity index (χ2n) is 8.62. The zero-order valence-corrected chi connectivity index (χ0v) is 20.8. The lowest BCUT2D eigenvalue weighted by Crippen LogP contribution is -2.35. The molecule has 5 rings (SSSR count). The van der Waals surface area contributed by atoms with Crippen LogP contribution in [0.1, 0.15) is 17.8 Å². The molecule has 35 heavy (non-hydrogen) atoms. The van der Waals surface area contributed by atoms with E-state index in [4.69, 9.17) is 9.97 Å². The van der Waals surface area contributed by atoms with Crippen LogP contribution in [0.4, 0.5) is 17.5 Å². The Morgan fingerprint density at radius 1 is 1.03 bits per heavy atom. The molecule has 3 heterocycles. The van der Waals surface area contributed by atoms with Crippen molar-refractivity contribution in [1.29, 1.82) is 0 Å². The van der Waals surface area contributed by atoms with E-state index in [9.17, 15) is 15.3 Å². The van der Waals surface area contributed by atoms with Crippen molar-refractivity contribution in [2.24, 2.45) is 5.92 Å². The predicted octanol–water partition coefficient (Wildman–Crippen LogP) is 3.45. The van der Waals surface area contributed by atoms with Crippen LogP contribution >= 0.6 is 23.7 Å². The summed E-state index contributed by atoms with van der Waals surface area (Å²) in [6, 6.07) is 11.2. The molecule has 4 atom stereocenters. The fraction of sp³-hybridized carbons (Fsp3) is 0.333. The Morgan fingerprint density at radius 3 is 2.46 bits per heavy atom. The number of halogens is 1. The maximum atomic E-state index is 10.6. The number of benzene rings is 1. The minimum absolute atomic E-state index is 0. The summed E-state index contributed by atoms with van der Waals surface area (Å²) in [5, 5.41) is 37.7. The van der Waals surface area contributed by atoms with Crippen LogP contribution in [-0.2, 0) is 0 Å². The third-order valence-electron chi connectivity index (χ3n) is 6.01. The molecular formula is C24H27ClN6O3S. The number of pyridine rings is 1. The molecule has 3 aromatic heterocycles. The Hall–Kier alpha value is -2.89. The van der Waals surface area contributed by atoms with Gasteiger partial charge in [-0.25, -0.2) is 9.97 Å². The summed E-state index contributed by atoms with van der Waals surface area (Å²) in [7, 11) is 0. The lowest BCUT2D eigenvalue weighted by molar-refractivity contribution is 0.00446. The molecule has 5 N–H and O–H groups in total. The number of thiazole rings is 1. The lowest BCUT2D eigenvalue weighted by atomic mass is 10.1. The number of anilines is 3. The van der Waals surface area contributed by atoms with E-state index in [1.54, 1.807) is 6.20 Å². The van der Waals surface area contributed by atoms with Crippen LogP contribution in [0.25, 0.3) is 20.8 Å². The van der Waals surface area contributed by atoms with E-state index in [1.165, 1.54) is 11.3 Å². The van der Waals surface area contributed by atoms with Gasteiger partial charge in [0.2, 0.25) is 5.95 Å². The Morgan fingerprint density at radius 2 is 1.77 bits per heavy atom. The number of nitrogens with zero attached hydrogens (tertiary/aromatic N) is 4. The number of aromatic nitrogens is 4. The van der Waals surface area contributed by atoms with Gasteiger partial charge in [0.15, 0.2) is 0 Å². The third-order valence-corrected chi connectivity index (χ3v) is 7.08. The molecule has 1 saturated carbocycles. The molecular weight excluding hydrogens is 488 g/mol. The van der Waals surface area contributed by atoms with E-state index in [-0.39, 0.29) is 19.0 Å². The number of nitrogens with one attached hydrogen (secondary N) is 2. The van der Waals surface area contributed by atoms with E-state index >= 15 is 0 Å². The highest BCUT2D eigenvalue weighted by molar-refractivity contribution is 7.21. The molecule has 1 aliphatic carbocycles. The molecule has 0 saturated heterocycles. The number of rotatable bonds is 6. The molecule has 0 radical (unpaired) electrons. The summed E-state index contributed by atoms with van der Waals surface area (Å²) < 4.78 is 1.05. The highest BCUT2D eigenvalue weighted by Gasteiger charge is 2.41. The topological polar surface area (TPSA) is 136 Å². The van der Waals surface area contributed by atoms with Gasteiger partial charge in [-0.05, 0) is 44.5 Å². The third kappa shape index (κ3) is 5.21. The first kappa shape index (κ1) is 25.2. The highest BCUT2D eigenvalue weighted by Crippen LogP contribution is 2.36. The van der Waals surface area contributed by atoms with Crippen molar-refractivity contribution in [3.05, 3.63) is 54.0 Å². The predicted molar refractivity (Wildman–Crippen MR) is 140 cm³/mol. The number of aliphatic hydroxyl groups excluding tert-OH is 3. The fourth-order valence-corrected chi connectivity index (χ4v) is 5.33. The van der Waals surface area contributed by atoms with Gasteiger partial charge < -0.3 is 26.0 Å². The van der Waals surface area contributed by atoms with Crippen LogP contribution in [-0.4, -0.2) is 60.1 Å². The number of fused-ring (bicyclic) bond motifs is 1. The van der Waals surface area contributed by atoms with Gasteiger partial charge in [-0.2, -0.15) is 4.98 Å². The smallest absolute Gasteiger partial charge is 0.229 e. The van der Waals surface area contributed by atoms with Crippen molar-refractivity contribution in [3.63, 3.8) is 0 Å². The van der Waals surface area contributed by atoms with Crippen LogP contribution in [0.2, 0.25) is 0 Å². The van der Waals surface area contributed by atoms with Crippen molar-refractivity contribution in [2.75, 3.05) is 17.2 Å². The minimum atomic E-state index is -1.03. The van der Waals surface area contributed by atoms with Crippen molar-refractivity contribution < 1.29 is 15.3 Å². The lowest BCUT2D eigenvalue weighted by Gasteiger charge is -2.20. The van der Waals surface area contributed by atoms with E-state index in [1.807, 2.05) is 50.2 Å². The number of hydrogen-bond acceptors (Lipinski definition) is 10. The summed E-state index contributed by atoms with van der Waals surface area (Å²) in [4.78, 5) is 18.4. The van der Waals surface area contributed by atoms with Crippen LogP contribution < -0.4 is 10.6 Å². The SMILES string of the molecule is Cc1cc(Nc2ncc(-c3nc4ccccc4s3)c(NC3C[C@H](CO)[C@@H](O)[C@H]3O)n2)cc(C)n1.Cl. The average Bonchev–Trinajstić information content (AvgIpc) is 3.35. The summed E-state index contributed by atoms with van der Waals surface area (Å²) in [6.45, 7) is 3.65. The van der Waals surface area contributed by atoms with Crippen LogP contribution in [0, 0.1) is 19.8 Å². The largest absolute Gasteiger partial charge is 0.396 e. The molecule has 0 bridgehead atoms. The molecule has 0 amide bonds. The quantitative estimate of drug-likeness (QED) is 0.262. The second-order valence-corrected chi connectivity index (χ2v) is 9.65. The summed E-state index contributed by atoms with van der Waals surface area (Å²) >= 11 is 1.53. The number of aryl methyl sites for hydroxylation is 2. The first-order chi connectivity index (χ1) is 16.4. The molecule has 1 unspecified atom stereocenters. The maximum Gasteiger partial charge on any atom is 0.229 e. The fourth-order valence-electron chi connectivity index (χ4n) is 4.36. The van der Waals surface area contributed by atoms with Gasteiger partial charge in [0, 0.05) is 35.8 Å². The molecule has 11 heteroatoms. The first-order valence-electron chi connectivity index (χ1n) is 11.1. The van der Waals surface area contributed by atoms with E-state index in [0.717, 1.165) is 32.3 Å². The Balaban J connectivity index is 0.00000289. The summed E-state index contributed by atoms with van der Waals surface area (Å²) in [5.74, 6) is 0.471. The van der Waals surface area contributed by atoms with Gasteiger partial charge in [-0.3, -0.25) is 4.98 Å². The Kier molecular flexibility index (Phi) is 7.48. The molecule has 9 nitrogen and oxygen atoms in total. The van der Waals surface area contributed by atoms with Gasteiger partial charge in [0.05, 0.1) is 27.9 Å². The number of aliphatic hydroxyl groups is 3. The Bertz CT molecular complexity index is 1280. The minimum Gasteiger partial charge on any atom is -0.396 e. The molecule has 1 aromatic carbocycles.